The van der Waals surface area contributed by atoms with Gasteiger partial charge in [0.2, 0.25) is 17.9 Å². The molecule has 198 valence electrons. The first kappa shape index (κ1) is 27.8. The average Bonchev–Trinajstić information content (AvgIpc) is 2.93. The van der Waals surface area contributed by atoms with E-state index in [4.69, 9.17) is 34.1 Å². The van der Waals surface area contributed by atoms with Gasteiger partial charge in [0.25, 0.3) is 0 Å². The summed E-state index contributed by atoms with van der Waals surface area (Å²) in [7, 11) is 4.31. The summed E-state index contributed by atoms with van der Waals surface area (Å²) >= 11 is 0. The fraction of sp³-hybridized carbons (Fsp3) is 0.320. The number of carbonyl (C=O) groups is 1. The molecule has 1 heterocycles. The first-order valence-electron chi connectivity index (χ1n) is 11.2. The third-order valence-electron chi connectivity index (χ3n) is 5.35. The molecule has 0 fully saturated rings. The molecule has 12 heteroatoms. The van der Waals surface area contributed by atoms with Crippen molar-refractivity contribution in [1.29, 1.82) is 0 Å². The molecule has 12 nitrogen and oxygen atoms in total. The van der Waals surface area contributed by atoms with Crippen molar-refractivity contribution in [2.45, 2.75) is 18.1 Å². The first-order chi connectivity index (χ1) is 17.9. The molecule has 3 rings (SSSR count). The van der Waals surface area contributed by atoms with Crippen LogP contribution in [0.4, 0.5) is 0 Å². The van der Waals surface area contributed by atoms with Crippen LogP contribution in [0.25, 0.3) is 0 Å². The van der Waals surface area contributed by atoms with Crippen LogP contribution in [-0.2, 0) is 24.7 Å². The van der Waals surface area contributed by atoms with Crippen molar-refractivity contribution in [3.63, 3.8) is 0 Å². The predicted octanol–water partition coefficient (Wildman–Crippen LogP) is 2.78. The lowest BCUT2D eigenvalue weighted by Gasteiger charge is -2.38. The minimum Gasteiger partial charge on any atom is -0.481 e. The van der Waals surface area contributed by atoms with Crippen molar-refractivity contribution in [3.05, 3.63) is 77.9 Å². The molecule has 1 aromatic heterocycles. The number of ether oxygens (including phenoxy) is 5. The minimum atomic E-state index is -1.48. The van der Waals surface area contributed by atoms with Crippen molar-refractivity contribution < 1.29 is 43.7 Å². The number of benzene rings is 2. The van der Waals surface area contributed by atoms with E-state index in [1.165, 1.54) is 27.4 Å². The monoisotopic (exact) mass is 515 g/mol. The van der Waals surface area contributed by atoms with Crippen molar-refractivity contribution in [3.8, 4) is 17.8 Å². The molecule has 0 aliphatic heterocycles. The SMILES string of the molecule is COc1cc(OC)nc(O[C@H](C(=O)OCCCON(O)O)C(OC)(c2ccccc2)c2ccccc2)n1. The Labute approximate surface area is 213 Å². The molecule has 0 unspecified atom stereocenters. The van der Waals surface area contributed by atoms with Gasteiger partial charge in [-0.2, -0.15) is 9.97 Å². The van der Waals surface area contributed by atoms with E-state index in [9.17, 15) is 4.79 Å². The van der Waals surface area contributed by atoms with Crippen LogP contribution in [0.1, 0.15) is 17.5 Å². The van der Waals surface area contributed by atoms with Crippen molar-refractivity contribution in [1.82, 2.24) is 15.4 Å². The summed E-state index contributed by atoms with van der Waals surface area (Å²) in [5.41, 5.74) is -0.261. The van der Waals surface area contributed by atoms with Gasteiger partial charge in [-0.1, -0.05) is 60.7 Å². The fourth-order valence-corrected chi connectivity index (χ4v) is 3.69. The van der Waals surface area contributed by atoms with Crippen LogP contribution >= 0.6 is 0 Å². The summed E-state index contributed by atoms with van der Waals surface area (Å²) < 4.78 is 28.1. The summed E-state index contributed by atoms with van der Waals surface area (Å²) in [5.74, 6) is -0.470. The number of hydrogen-bond donors (Lipinski definition) is 2. The van der Waals surface area contributed by atoms with Gasteiger partial charge in [-0.25, -0.2) is 4.79 Å². The molecule has 37 heavy (non-hydrogen) atoms. The Kier molecular flexibility index (Phi) is 10.1. The van der Waals surface area contributed by atoms with Crippen LogP contribution in [0.3, 0.4) is 0 Å². The van der Waals surface area contributed by atoms with Crippen molar-refractivity contribution in [2.75, 3.05) is 34.5 Å². The largest absolute Gasteiger partial charge is 0.481 e. The van der Waals surface area contributed by atoms with Gasteiger partial charge >= 0.3 is 12.0 Å². The van der Waals surface area contributed by atoms with Crippen LogP contribution in [0.15, 0.2) is 66.7 Å². The second kappa shape index (κ2) is 13.5. The van der Waals surface area contributed by atoms with Gasteiger partial charge in [0.15, 0.2) is 5.60 Å². The third-order valence-corrected chi connectivity index (χ3v) is 5.35. The lowest BCUT2D eigenvalue weighted by molar-refractivity contribution is -0.492. The minimum absolute atomic E-state index is 0.113. The van der Waals surface area contributed by atoms with Crippen LogP contribution in [-0.4, -0.2) is 72.4 Å². The van der Waals surface area contributed by atoms with Gasteiger partial charge in [-0.3, -0.25) is 15.3 Å². The standard InChI is InChI=1S/C25H29N3O9/c1-32-20-17-21(33-2)27-24(26-20)37-22(23(29)35-15-10-16-36-28(30)31)25(34-3,18-11-6-4-7-12-18)19-13-8-5-9-14-19/h4-9,11-14,17,22,30-31H,10,15-16H2,1-3H3/t22-/m1/s1. The van der Waals surface area contributed by atoms with E-state index in [-0.39, 0.29) is 37.4 Å². The Morgan fingerprint density at radius 3 is 1.89 bits per heavy atom. The molecule has 0 bridgehead atoms. The van der Waals surface area contributed by atoms with Gasteiger partial charge in [0, 0.05) is 13.5 Å². The Morgan fingerprint density at radius 2 is 1.43 bits per heavy atom. The topological polar surface area (TPSA) is 142 Å². The molecule has 3 aromatic rings. The second-order valence-electron chi connectivity index (χ2n) is 7.51. The molecule has 2 N–H and O–H groups in total. The molecule has 0 amide bonds. The second-order valence-corrected chi connectivity index (χ2v) is 7.51. The van der Waals surface area contributed by atoms with Crippen LogP contribution < -0.4 is 14.2 Å². The number of carbonyl (C=O) groups excluding carboxylic acids is 1. The number of methoxy groups -OCH3 is 3. The molecule has 0 aliphatic rings. The molecular weight excluding hydrogens is 486 g/mol. The Bertz CT molecular complexity index is 1060. The Hall–Kier alpha value is -3.81. The van der Waals surface area contributed by atoms with Crippen LogP contribution in [0, 0.1) is 0 Å². The molecule has 0 spiro atoms. The van der Waals surface area contributed by atoms with E-state index in [1.54, 1.807) is 24.3 Å². The highest BCUT2D eigenvalue weighted by molar-refractivity contribution is 5.78. The maximum absolute atomic E-state index is 13.6. The van der Waals surface area contributed by atoms with Gasteiger partial charge in [0.05, 0.1) is 38.9 Å². The summed E-state index contributed by atoms with van der Waals surface area (Å²) in [5, 5.41) is 16.9. The Morgan fingerprint density at radius 1 is 0.892 bits per heavy atom. The normalized spacial score (nSPS) is 12.2. The summed E-state index contributed by atoms with van der Waals surface area (Å²) in [6.45, 7) is -0.229. The summed E-state index contributed by atoms with van der Waals surface area (Å²) in [4.78, 5) is 26.5. The number of hydrogen-bond acceptors (Lipinski definition) is 12. The molecule has 2 aromatic carbocycles. The van der Waals surface area contributed by atoms with Gasteiger partial charge in [0.1, 0.15) is 0 Å². The number of aromatic nitrogens is 2. The van der Waals surface area contributed by atoms with E-state index >= 15 is 0 Å². The van der Waals surface area contributed by atoms with E-state index in [0.29, 0.717) is 11.1 Å². The molecular formula is C25H29N3O9. The highest BCUT2D eigenvalue weighted by Crippen LogP contribution is 2.39. The fourth-order valence-electron chi connectivity index (χ4n) is 3.69. The van der Waals surface area contributed by atoms with Crippen LogP contribution in [0.2, 0.25) is 0 Å². The van der Waals surface area contributed by atoms with Crippen LogP contribution in [0.5, 0.6) is 17.8 Å². The van der Waals surface area contributed by atoms with Crippen molar-refractivity contribution >= 4 is 5.97 Å². The quantitative estimate of drug-likeness (QED) is 0.185. The zero-order chi connectivity index (χ0) is 26.7. The molecule has 0 radical (unpaired) electrons. The Balaban J connectivity index is 2.07. The van der Waals surface area contributed by atoms with Gasteiger partial charge in [-0.05, 0) is 11.1 Å². The molecule has 0 aliphatic carbocycles. The lowest BCUT2D eigenvalue weighted by Crippen LogP contribution is -2.51. The van der Waals surface area contributed by atoms with E-state index in [1.807, 2.05) is 36.4 Å². The molecule has 0 saturated heterocycles. The summed E-state index contributed by atoms with van der Waals surface area (Å²) in [6.07, 6.45) is -1.27. The van der Waals surface area contributed by atoms with E-state index < -0.39 is 23.1 Å². The first-order valence-corrected chi connectivity index (χ1v) is 11.2. The van der Waals surface area contributed by atoms with Crippen molar-refractivity contribution in [2.24, 2.45) is 0 Å². The number of esters is 1. The predicted molar refractivity (Wildman–Crippen MR) is 127 cm³/mol. The van der Waals surface area contributed by atoms with E-state index in [2.05, 4.69) is 14.8 Å². The van der Waals surface area contributed by atoms with Gasteiger partial charge in [-0.15, -0.1) is 0 Å². The summed E-state index contributed by atoms with van der Waals surface area (Å²) in [6, 6.07) is 19.4. The maximum Gasteiger partial charge on any atom is 0.351 e. The lowest BCUT2D eigenvalue weighted by atomic mass is 9.81. The number of rotatable bonds is 14. The van der Waals surface area contributed by atoms with E-state index in [0.717, 1.165) is 0 Å². The highest BCUT2D eigenvalue weighted by Gasteiger charge is 2.50. The van der Waals surface area contributed by atoms with Gasteiger partial charge < -0.3 is 23.7 Å². The average molecular weight is 516 g/mol. The highest BCUT2D eigenvalue weighted by atomic mass is 17.1. The zero-order valence-corrected chi connectivity index (χ0v) is 20.6. The smallest absolute Gasteiger partial charge is 0.351 e. The molecule has 0 saturated carbocycles. The zero-order valence-electron chi connectivity index (χ0n) is 20.6. The molecule has 1 atom stereocenters. The number of nitrogens with zero attached hydrogens (tertiary/aromatic N) is 3. The third kappa shape index (κ3) is 6.90. The maximum atomic E-state index is 13.6.